The van der Waals surface area contributed by atoms with Crippen molar-refractivity contribution in [3.63, 3.8) is 0 Å². The summed E-state index contributed by atoms with van der Waals surface area (Å²) in [6.07, 6.45) is 8.70. The predicted molar refractivity (Wildman–Crippen MR) is 44.8 cm³/mol. The summed E-state index contributed by atoms with van der Waals surface area (Å²) in [5, 5.41) is 0. The summed E-state index contributed by atoms with van der Waals surface area (Å²) in [5.41, 5.74) is 0. The van der Waals surface area contributed by atoms with Crippen molar-refractivity contribution in [3.8, 4) is 0 Å². The van der Waals surface area contributed by atoms with Crippen LogP contribution in [0.1, 0.15) is 26.2 Å². The molecular formula is C8H13ClO. The fourth-order valence-electron chi connectivity index (χ4n) is 0.982. The second kappa shape index (κ2) is 6.81. The molecular weight excluding hydrogens is 148 g/mol. The molecule has 0 aliphatic heterocycles. The van der Waals surface area contributed by atoms with Gasteiger partial charge in [0.15, 0.2) is 0 Å². The minimum Gasteiger partial charge on any atom is -0.285 e. The van der Waals surface area contributed by atoms with E-state index in [9.17, 15) is 0 Å². The molecule has 0 amide bonds. The maximum Gasteiger partial charge on any atom is 0.208 e. The van der Waals surface area contributed by atoms with Gasteiger partial charge in [0.2, 0.25) is 5.75 Å². The van der Waals surface area contributed by atoms with Crippen LogP contribution in [0.3, 0.4) is 0 Å². The molecule has 1 aliphatic carbocycles. The number of rotatable bonds is 0. The molecule has 0 saturated heterocycles. The smallest absolute Gasteiger partial charge is 0.208 e. The Labute approximate surface area is 67.1 Å². The lowest BCUT2D eigenvalue weighted by molar-refractivity contribution is 0.569. The van der Waals surface area contributed by atoms with Gasteiger partial charge in [0.25, 0.3) is 0 Å². The van der Waals surface area contributed by atoms with Gasteiger partial charge in [0.1, 0.15) is 0 Å². The van der Waals surface area contributed by atoms with Crippen molar-refractivity contribution in [2.24, 2.45) is 5.92 Å². The summed E-state index contributed by atoms with van der Waals surface area (Å²) >= 11 is 4.32. The van der Waals surface area contributed by atoms with E-state index >= 15 is 0 Å². The van der Waals surface area contributed by atoms with Crippen molar-refractivity contribution in [3.05, 3.63) is 12.2 Å². The van der Waals surface area contributed by atoms with Crippen molar-refractivity contribution >= 4 is 17.3 Å². The summed E-state index contributed by atoms with van der Waals surface area (Å²) in [6.45, 7) is 2.27. The van der Waals surface area contributed by atoms with Crippen LogP contribution in [0.25, 0.3) is 0 Å². The van der Waals surface area contributed by atoms with Crippen molar-refractivity contribution in [1.29, 1.82) is 0 Å². The van der Waals surface area contributed by atoms with E-state index in [1.807, 2.05) is 0 Å². The van der Waals surface area contributed by atoms with E-state index in [1.165, 1.54) is 19.3 Å². The van der Waals surface area contributed by atoms with Gasteiger partial charge in [0, 0.05) is 0 Å². The van der Waals surface area contributed by atoms with E-state index in [0.717, 1.165) is 5.92 Å². The van der Waals surface area contributed by atoms with Crippen LogP contribution >= 0.6 is 11.6 Å². The molecule has 1 nitrogen and oxygen atoms in total. The monoisotopic (exact) mass is 160 g/mol. The molecule has 0 fully saturated rings. The van der Waals surface area contributed by atoms with Crippen LogP contribution in [-0.4, -0.2) is 5.75 Å². The average molecular weight is 161 g/mol. The molecule has 0 spiro atoms. The molecule has 1 atom stereocenters. The van der Waals surface area contributed by atoms with Crippen LogP contribution < -0.4 is 0 Å². The van der Waals surface area contributed by atoms with Crippen LogP contribution in [0.5, 0.6) is 0 Å². The lowest BCUT2D eigenvalue weighted by Crippen LogP contribution is -1.92. The second-order valence-corrected chi connectivity index (χ2v) is 2.60. The summed E-state index contributed by atoms with van der Waals surface area (Å²) in [4.78, 5) is 8.57. The lowest BCUT2D eigenvalue weighted by atomic mass is 9.98. The third kappa shape index (κ3) is 5.83. The molecule has 0 bridgehead atoms. The highest BCUT2D eigenvalue weighted by Crippen LogP contribution is 2.14. The molecule has 0 saturated carbocycles. The largest absolute Gasteiger partial charge is 0.285 e. The summed E-state index contributed by atoms with van der Waals surface area (Å²) in [7, 11) is 0. The molecule has 0 aromatic heterocycles. The van der Waals surface area contributed by atoms with Gasteiger partial charge in [-0.05, 0) is 36.8 Å². The third-order valence-corrected chi connectivity index (χ3v) is 1.49. The standard InChI is InChI=1S/C7H12.CHClO/c1-7-5-3-2-4-6-7;2-1-3/h3,5,7H,2,4,6H2,1H3;1H. The van der Waals surface area contributed by atoms with Crippen molar-refractivity contribution in [1.82, 2.24) is 0 Å². The molecule has 2 heteroatoms. The first-order valence-corrected chi connectivity index (χ1v) is 3.95. The van der Waals surface area contributed by atoms with Gasteiger partial charge in [-0.2, -0.15) is 0 Å². The number of carbonyl (C=O) groups excluding carboxylic acids is 1. The van der Waals surface area contributed by atoms with Gasteiger partial charge < -0.3 is 0 Å². The Morgan fingerprint density at radius 1 is 1.70 bits per heavy atom. The highest BCUT2D eigenvalue weighted by Gasteiger charge is 1.98. The first kappa shape index (κ1) is 9.70. The summed E-state index contributed by atoms with van der Waals surface area (Å²) in [5.74, 6) is 1.08. The molecule has 58 valence electrons. The second-order valence-electron chi connectivity index (χ2n) is 2.43. The fourth-order valence-corrected chi connectivity index (χ4v) is 0.982. The Balaban J connectivity index is 0.000000236. The first-order valence-electron chi connectivity index (χ1n) is 3.51. The fraction of sp³-hybridized carbons (Fsp3) is 0.625. The molecule has 10 heavy (non-hydrogen) atoms. The molecule has 0 heterocycles. The molecule has 1 aliphatic rings. The van der Waals surface area contributed by atoms with Crippen LogP contribution in [0.2, 0.25) is 0 Å². The molecule has 0 aromatic carbocycles. The van der Waals surface area contributed by atoms with E-state index < -0.39 is 0 Å². The van der Waals surface area contributed by atoms with Crippen molar-refractivity contribution in [2.75, 3.05) is 0 Å². The highest BCUT2D eigenvalue weighted by atomic mass is 35.5. The normalized spacial score (nSPS) is 22.8. The minimum absolute atomic E-state index is 0.222. The van der Waals surface area contributed by atoms with Gasteiger partial charge in [-0.15, -0.1) is 0 Å². The number of allylic oxidation sites excluding steroid dienone is 2. The van der Waals surface area contributed by atoms with Gasteiger partial charge in [-0.3, -0.25) is 4.79 Å². The zero-order valence-corrected chi connectivity index (χ0v) is 6.97. The molecule has 0 radical (unpaired) electrons. The van der Waals surface area contributed by atoms with Gasteiger partial charge in [-0.1, -0.05) is 19.1 Å². The van der Waals surface area contributed by atoms with E-state index in [2.05, 4.69) is 30.7 Å². The zero-order chi connectivity index (χ0) is 7.82. The maximum atomic E-state index is 8.57. The Kier molecular flexibility index (Phi) is 6.61. The Morgan fingerprint density at radius 2 is 2.30 bits per heavy atom. The molecule has 1 unspecified atom stereocenters. The average Bonchev–Trinajstić information content (AvgIpc) is 1.91. The summed E-state index contributed by atoms with van der Waals surface area (Å²) in [6, 6.07) is 0. The number of hydrogen-bond acceptors (Lipinski definition) is 1. The van der Waals surface area contributed by atoms with Gasteiger partial charge in [0.05, 0.1) is 0 Å². The number of hydrogen-bond donors (Lipinski definition) is 0. The van der Waals surface area contributed by atoms with E-state index in [4.69, 9.17) is 4.79 Å². The van der Waals surface area contributed by atoms with E-state index in [1.54, 1.807) is 0 Å². The first-order chi connectivity index (χ1) is 4.81. The topological polar surface area (TPSA) is 17.1 Å². The van der Waals surface area contributed by atoms with Crippen LogP contribution in [0.15, 0.2) is 12.2 Å². The molecule has 1 rings (SSSR count). The zero-order valence-electron chi connectivity index (χ0n) is 6.22. The quantitative estimate of drug-likeness (QED) is 0.303. The van der Waals surface area contributed by atoms with Crippen molar-refractivity contribution in [2.45, 2.75) is 26.2 Å². The predicted octanol–water partition coefficient (Wildman–Crippen LogP) is 2.78. The number of halogens is 1. The van der Waals surface area contributed by atoms with Crippen molar-refractivity contribution < 1.29 is 4.79 Å². The summed E-state index contributed by atoms with van der Waals surface area (Å²) < 4.78 is 0. The number of carbonyl (C=O) groups is 1. The Bertz CT molecular complexity index is 110. The van der Waals surface area contributed by atoms with Crippen LogP contribution in [0, 0.1) is 5.92 Å². The third-order valence-electron chi connectivity index (χ3n) is 1.49. The van der Waals surface area contributed by atoms with Crippen LogP contribution in [-0.2, 0) is 4.79 Å². The Morgan fingerprint density at radius 3 is 2.50 bits per heavy atom. The van der Waals surface area contributed by atoms with Gasteiger partial charge in [-0.25, -0.2) is 0 Å². The van der Waals surface area contributed by atoms with E-state index in [0.29, 0.717) is 0 Å². The highest BCUT2D eigenvalue weighted by molar-refractivity contribution is 6.54. The molecule has 0 N–H and O–H groups in total. The van der Waals surface area contributed by atoms with Gasteiger partial charge >= 0.3 is 0 Å². The Hall–Kier alpha value is -0.300. The van der Waals surface area contributed by atoms with E-state index in [-0.39, 0.29) is 5.75 Å². The minimum atomic E-state index is 0.222. The molecule has 0 aromatic rings. The maximum absolute atomic E-state index is 8.57. The lowest BCUT2D eigenvalue weighted by Gasteiger charge is -2.08. The SMILES string of the molecule is CC1C=CCCC1.O=CCl. The van der Waals surface area contributed by atoms with Crippen LogP contribution in [0.4, 0.5) is 0 Å².